The van der Waals surface area contributed by atoms with Gasteiger partial charge < -0.3 is 10.1 Å². The van der Waals surface area contributed by atoms with Gasteiger partial charge in [0.15, 0.2) is 0 Å². The van der Waals surface area contributed by atoms with E-state index in [1.807, 2.05) is 11.6 Å². The molecule has 126 valence electrons. The zero-order chi connectivity index (χ0) is 16.4. The third-order valence-electron chi connectivity index (χ3n) is 4.96. The van der Waals surface area contributed by atoms with Crippen molar-refractivity contribution in [1.82, 2.24) is 20.2 Å². The molecule has 1 amide bonds. The highest BCUT2D eigenvalue weighted by molar-refractivity contribution is 7.09. The maximum Gasteiger partial charge on any atom is 0.252 e. The van der Waals surface area contributed by atoms with Crippen LogP contribution in [0.5, 0.6) is 0 Å². The molecule has 0 bridgehead atoms. The van der Waals surface area contributed by atoms with Crippen molar-refractivity contribution in [2.24, 2.45) is 11.3 Å². The number of carbonyl (C=O) groups excluding carboxylic acids is 1. The molecule has 0 aromatic carbocycles. The van der Waals surface area contributed by atoms with Crippen LogP contribution in [-0.4, -0.2) is 53.6 Å². The Morgan fingerprint density at radius 2 is 2.46 bits per heavy atom. The second-order valence-corrected chi connectivity index (χ2v) is 7.57. The van der Waals surface area contributed by atoms with E-state index in [9.17, 15) is 4.79 Å². The molecule has 7 heteroatoms. The van der Waals surface area contributed by atoms with Crippen LogP contribution in [0.1, 0.15) is 15.4 Å². The lowest BCUT2D eigenvalue weighted by Crippen LogP contribution is -2.43. The van der Waals surface area contributed by atoms with Crippen LogP contribution in [0, 0.1) is 11.3 Å². The van der Waals surface area contributed by atoms with Gasteiger partial charge in [-0.3, -0.25) is 14.7 Å². The Morgan fingerprint density at radius 1 is 1.50 bits per heavy atom. The third kappa shape index (κ3) is 3.07. The molecule has 0 radical (unpaired) electrons. The summed E-state index contributed by atoms with van der Waals surface area (Å²) in [5, 5.41) is 6.24. The smallest absolute Gasteiger partial charge is 0.252 e. The number of nitrogens with one attached hydrogen (secondary N) is 1. The Labute approximate surface area is 144 Å². The molecule has 6 nitrogen and oxygen atoms in total. The van der Waals surface area contributed by atoms with E-state index in [-0.39, 0.29) is 11.3 Å². The number of likely N-dealkylation sites (tertiary alicyclic amines) is 1. The third-order valence-corrected chi connectivity index (χ3v) is 5.72. The monoisotopic (exact) mass is 344 g/mol. The predicted octanol–water partition coefficient (Wildman–Crippen LogP) is 1.42. The summed E-state index contributed by atoms with van der Waals surface area (Å²) in [5.74, 6) is 0.396. The van der Waals surface area contributed by atoms with Crippen LogP contribution in [0.3, 0.4) is 0 Å². The zero-order valence-corrected chi connectivity index (χ0v) is 14.2. The summed E-state index contributed by atoms with van der Waals surface area (Å²) in [7, 11) is 0. The van der Waals surface area contributed by atoms with Crippen LogP contribution in [0.2, 0.25) is 0 Å². The SMILES string of the molecule is O=C(NC[C@]12COC[C@H]1CN(Cc1nccs1)C2)c1cccnc1. The van der Waals surface area contributed by atoms with Gasteiger partial charge in [0.1, 0.15) is 5.01 Å². The zero-order valence-electron chi connectivity index (χ0n) is 13.4. The summed E-state index contributed by atoms with van der Waals surface area (Å²) in [6.07, 6.45) is 5.12. The quantitative estimate of drug-likeness (QED) is 0.888. The highest BCUT2D eigenvalue weighted by Gasteiger charge is 2.50. The largest absolute Gasteiger partial charge is 0.380 e. The number of carbonyl (C=O) groups is 1. The van der Waals surface area contributed by atoms with Crippen molar-refractivity contribution in [3.8, 4) is 0 Å². The molecule has 4 heterocycles. The Kier molecular flexibility index (Phi) is 4.30. The normalized spacial score (nSPS) is 26.4. The first-order valence-corrected chi connectivity index (χ1v) is 9.00. The van der Waals surface area contributed by atoms with Gasteiger partial charge in [0, 0.05) is 54.9 Å². The topological polar surface area (TPSA) is 67.3 Å². The van der Waals surface area contributed by atoms with Gasteiger partial charge in [0.2, 0.25) is 0 Å². The van der Waals surface area contributed by atoms with E-state index >= 15 is 0 Å². The minimum atomic E-state index is -0.0681. The maximum absolute atomic E-state index is 12.3. The van der Waals surface area contributed by atoms with Crippen LogP contribution < -0.4 is 5.32 Å². The molecule has 2 aromatic heterocycles. The summed E-state index contributed by atoms with van der Waals surface area (Å²) in [6.45, 7) is 4.94. The number of thiazole rings is 1. The van der Waals surface area contributed by atoms with E-state index in [1.165, 1.54) is 0 Å². The minimum absolute atomic E-state index is 0.00906. The van der Waals surface area contributed by atoms with Crippen LogP contribution in [0.25, 0.3) is 0 Å². The molecule has 2 atom stereocenters. The number of hydrogen-bond donors (Lipinski definition) is 1. The second kappa shape index (κ2) is 6.58. The van der Waals surface area contributed by atoms with Gasteiger partial charge >= 0.3 is 0 Å². The molecule has 0 unspecified atom stereocenters. The van der Waals surface area contributed by atoms with Crippen molar-refractivity contribution in [1.29, 1.82) is 0 Å². The fraction of sp³-hybridized carbons (Fsp3) is 0.471. The molecule has 2 aliphatic heterocycles. The van der Waals surface area contributed by atoms with Crippen molar-refractivity contribution < 1.29 is 9.53 Å². The van der Waals surface area contributed by atoms with E-state index in [4.69, 9.17) is 4.74 Å². The van der Waals surface area contributed by atoms with Crippen molar-refractivity contribution in [2.75, 3.05) is 32.8 Å². The van der Waals surface area contributed by atoms with Crippen LogP contribution >= 0.6 is 11.3 Å². The van der Waals surface area contributed by atoms with Gasteiger partial charge in [-0.25, -0.2) is 4.98 Å². The summed E-state index contributed by atoms with van der Waals surface area (Å²) in [5.41, 5.74) is 0.608. The number of nitrogens with zero attached hydrogens (tertiary/aromatic N) is 3. The first-order valence-electron chi connectivity index (χ1n) is 8.12. The van der Waals surface area contributed by atoms with Gasteiger partial charge in [0.05, 0.1) is 25.3 Å². The molecule has 0 saturated carbocycles. The molecule has 0 spiro atoms. The minimum Gasteiger partial charge on any atom is -0.380 e. The van der Waals surface area contributed by atoms with Crippen molar-refractivity contribution in [3.05, 3.63) is 46.7 Å². The van der Waals surface area contributed by atoms with E-state index in [0.717, 1.165) is 31.2 Å². The number of amides is 1. The number of pyridine rings is 1. The standard InChI is InChI=1S/C17H20N4O2S/c22-16(13-2-1-3-18-6-13)20-10-17-11-21(7-14(17)9-23-12-17)8-15-19-4-5-24-15/h1-6,14H,7-12H2,(H,20,22)/t14-,17+/m1/s1. The fourth-order valence-electron chi connectivity index (χ4n) is 3.69. The molecule has 2 saturated heterocycles. The Balaban J connectivity index is 1.40. The molecular formula is C17H20N4O2S. The molecule has 1 N–H and O–H groups in total. The predicted molar refractivity (Wildman–Crippen MR) is 90.7 cm³/mol. The molecule has 2 aliphatic rings. The Hall–Kier alpha value is -1.83. The average molecular weight is 344 g/mol. The summed E-state index contributed by atoms with van der Waals surface area (Å²) < 4.78 is 5.73. The van der Waals surface area contributed by atoms with Crippen LogP contribution in [0.4, 0.5) is 0 Å². The van der Waals surface area contributed by atoms with Crippen molar-refractivity contribution in [3.63, 3.8) is 0 Å². The lowest BCUT2D eigenvalue weighted by Gasteiger charge is -2.27. The molecule has 2 aromatic rings. The van der Waals surface area contributed by atoms with Crippen LogP contribution in [0.15, 0.2) is 36.1 Å². The molecule has 0 aliphatic carbocycles. The van der Waals surface area contributed by atoms with E-state index < -0.39 is 0 Å². The number of fused-ring (bicyclic) bond motifs is 1. The van der Waals surface area contributed by atoms with Gasteiger partial charge in [-0.2, -0.15) is 0 Å². The number of hydrogen-bond acceptors (Lipinski definition) is 6. The van der Waals surface area contributed by atoms with Gasteiger partial charge in [-0.1, -0.05) is 0 Å². The maximum atomic E-state index is 12.3. The number of rotatable bonds is 5. The molecule has 4 rings (SSSR count). The molecule has 2 fully saturated rings. The summed E-state index contributed by atoms with van der Waals surface area (Å²) in [4.78, 5) is 23.1. The number of aromatic nitrogens is 2. The Bertz CT molecular complexity index is 694. The van der Waals surface area contributed by atoms with Gasteiger partial charge in [-0.05, 0) is 12.1 Å². The first-order chi connectivity index (χ1) is 11.8. The highest BCUT2D eigenvalue weighted by atomic mass is 32.1. The second-order valence-electron chi connectivity index (χ2n) is 6.59. The summed E-state index contributed by atoms with van der Waals surface area (Å²) in [6, 6.07) is 3.56. The Morgan fingerprint density at radius 3 is 3.25 bits per heavy atom. The van der Waals surface area contributed by atoms with Crippen LogP contribution in [-0.2, 0) is 11.3 Å². The number of ether oxygens (including phenoxy) is 1. The van der Waals surface area contributed by atoms with Crippen molar-refractivity contribution >= 4 is 17.2 Å². The highest BCUT2D eigenvalue weighted by Crippen LogP contribution is 2.41. The van der Waals surface area contributed by atoms with E-state index in [1.54, 1.807) is 35.9 Å². The molecular weight excluding hydrogens is 324 g/mol. The lowest BCUT2D eigenvalue weighted by molar-refractivity contribution is 0.0904. The fourth-order valence-corrected chi connectivity index (χ4v) is 4.35. The van der Waals surface area contributed by atoms with Gasteiger partial charge in [-0.15, -0.1) is 11.3 Å². The molecule has 24 heavy (non-hydrogen) atoms. The average Bonchev–Trinajstić information content (AvgIpc) is 3.30. The first kappa shape index (κ1) is 15.7. The van der Waals surface area contributed by atoms with Gasteiger partial charge in [0.25, 0.3) is 5.91 Å². The van der Waals surface area contributed by atoms with Crippen molar-refractivity contribution in [2.45, 2.75) is 6.54 Å². The lowest BCUT2D eigenvalue weighted by atomic mass is 9.81. The van der Waals surface area contributed by atoms with E-state index in [2.05, 4.69) is 20.2 Å². The van der Waals surface area contributed by atoms with E-state index in [0.29, 0.717) is 24.6 Å². The summed E-state index contributed by atoms with van der Waals surface area (Å²) >= 11 is 1.69.